The van der Waals surface area contributed by atoms with Gasteiger partial charge in [0.25, 0.3) is 0 Å². The van der Waals surface area contributed by atoms with E-state index in [9.17, 15) is 0 Å². The van der Waals surface area contributed by atoms with Crippen LogP contribution in [0.25, 0.3) is 0 Å². The lowest BCUT2D eigenvalue weighted by atomic mass is 9.98. The highest BCUT2D eigenvalue weighted by molar-refractivity contribution is 5.35. The molecule has 0 aliphatic carbocycles. The molecule has 2 atom stereocenters. The van der Waals surface area contributed by atoms with Gasteiger partial charge in [-0.15, -0.1) is 0 Å². The van der Waals surface area contributed by atoms with E-state index in [1.165, 1.54) is 36.8 Å². The standard InChI is InChI=1S/C17H26N2O/c1-12-3-4-13(2)17(9-12)20-8-7-19-15-5-6-16(19)11-14(18)10-15/h3-4,9,14-16H,5-8,10-11,18H2,1-2H3. The Morgan fingerprint density at radius 2 is 1.90 bits per heavy atom. The van der Waals surface area contributed by atoms with Crippen molar-refractivity contribution in [2.45, 2.75) is 57.7 Å². The Kier molecular flexibility index (Phi) is 3.99. The molecule has 2 bridgehead atoms. The maximum Gasteiger partial charge on any atom is 0.122 e. The van der Waals surface area contributed by atoms with Gasteiger partial charge in [-0.05, 0) is 56.7 Å². The Hall–Kier alpha value is -1.06. The Balaban J connectivity index is 1.54. The third-order valence-corrected chi connectivity index (χ3v) is 4.87. The molecule has 2 saturated heterocycles. The van der Waals surface area contributed by atoms with Gasteiger partial charge in [-0.3, -0.25) is 4.90 Å². The number of nitrogens with zero attached hydrogens (tertiary/aromatic N) is 1. The Morgan fingerprint density at radius 3 is 2.60 bits per heavy atom. The van der Waals surface area contributed by atoms with Gasteiger partial charge < -0.3 is 10.5 Å². The van der Waals surface area contributed by atoms with Gasteiger partial charge in [0.1, 0.15) is 12.4 Å². The summed E-state index contributed by atoms with van der Waals surface area (Å²) in [5, 5.41) is 0. The number of benzene rings is 1. The fourth-order valence-corrected chi connectivity index (χ4v) is 3.81. The molecule has 2 aliphatic rings. The van der Waals surface area contributed by atoms with Crippen LogP contribution in [0.3, 0.4) is 0 Å². The van der Waals surface area contributed by atoms with Crippen LogP contribution in [-0.4, -0.2) is 36.2 Å². The number of piperidine rings is 1. The molecule has 0 spiro atoms. The van der Waals surface area contributed by atoms with E-state index < -0.39 is 0 Å². The second-order valence-corrected chi connectivity index (χ2v) is 6.47. The summed E-state index contributed by atoms with van der Waals surface area (Å²) in [4.78, 5) is 2.63. The van der Waals surface area contributed by atoms with E-state index in [0.29, 0.717) is 18.1 Å². The molecule has 3 nitrogen and oxygen atoms in total. The van der Waals surface area contributed by atoms with Crippen molar-refractivity contribution in [3.8, 4) is 5.75 Å². The fourth-order valence-electron chi connectivity index (χ4n) is 3.81. The lowest BCUT2D eigenvalue weighted by Gasteiger charge is -2.37. The van der Waals surface area contributed by atoms with E-state index in [1.807, 2.05) is 0 Å². The fraction of sp³-hybridized carbons (Fsp3) is 0.647. The zero-order valence-electron chi connectivity index (χ0n) is 12.6. The zero-order chi connectivity index (χ0) is 14.1. The summed E-state index contributed by atoms with van der Waals surface area (Å²) in [5.74, 6) is 1.03. The minimum Gasteiger partial charge on any atom is -0.492 e. The molecule has 0 radical (unpaired) electrons. The van der Waals surface area contributed by atoms with Crippen LogP contribution >= 0.6 is 0 Å². The first-order valence-electron chi connectivity index (χ1n) is 7.85. The highest BCUT2D eigenvalue weighted by Gasteiger charge is 2.39. The average Bonchev–Trinajstić information content (AvgIpc) is 2.66. The molecule has 2 aliphatic heterocycles. The van der Waals surface area contributed by atoms with Gasteiger partial charge in [0.05, 0.1) is 0 Å². The number of rotatable bonds is 4. The summed E-state index contributed by atoms with van der Waals surface area (Å²) >= 11 is 0. The second-order valence-electron chi connectivity index (χ2n) is 6.47. The number of aryl methyl sites for hydroxylation is 2. The molecule has 0 aromatic heterocycles. The van der Waals surface area contributed by atoms with E-state index in [-0.39, 0.29) is 0 Å². The van der Waals surface area contributed by atoms with Gasteiger partial charge in [0.2, 0.25) is 0 Å². The number of hydrogen-bond acceptors (Lipinski definition) is 3. The highest BCUT2D eigenvalue weighted by atomic mass is 16.5. The maximum atomic E-state index is 6.12. The summed E-state index contributed by atoms with van der Waals surface area (Å²) < 4.78 is 6.00. The predicted octanol–water partition coefficient (Wildman–Crippen LogP) is 2.64. The monoisotopic (exact) mass is 274 g/mol. The molecule has 3 rings (SSSR count). The molecule has 1 aromatic rings. The van der Waals surface area contributed by atoms with Crippen molar-refractivity contribution in [3.63, 3.8) is 0 Å². The van der Waals surface area contributed by atoms with Crippen molar-refractivity contribution in [1.82, 2.24) is 4.90 Å². The summed E-state index contributed by atoms with van der Waals surface area (Å²) in [5.41, 5.74) is 8.60. The third-order valence-electron chi connectivity index (χ3n) is 4.87. The molecule has 0 saturated carbocycles. The van der Waals surface area contributed by atoms with Crippen LogP contribution < -0.4 is 10.5 Å². The number of ether oxygens (including phenoxy) is 1. The largest absolute Gasteiger partial charge is 0.492 e. The predicted molar refractivity (Wildman–Crippen MR) is 82.1 cm³/mol. The Labute approximate surface area is 122 Å². The van der Waals surface area contributed by atoms with Crippen LogP contribution in [0.4, 0.5) is 0 Å². The Morgan fingerprint density at radius 1 is 1.20 bits per heavy atom. The maximum absolute atomic E-state index is 6.12. The van der Waals surface area contributed by atoms with E-state index in [4.69, 9.17) is 10.5 Å². The summed E-state index contributed by atoms with van der Waals surface area (Å²) in [6.07, 6.45) is 4.98. The van der Waals surface area contributed by atoms with Gasteiger partial charge in [-0.2, -0.15) is 0 Å². The van der Waals surface area contributed by atoms with Crippen LogP contribution in [0.2, 0.25) is 0 Å². The molecule has 2 unspecified atom stereocenters. The molecular formula is C17H26N2O. The summed E-state index contributed by atoms with van der Waals surface area (Å²) in [7, 11) is 0. The first kappa shape index (κ1) is 13.9. The highest BCUT2D eigenvalue weighted by Crippen LogP contribution is 2.34. The van der Waals surface area contributed by atoms with Gasteiger partial charge in [0.15, 0.2) is 0 Å². The van der Waals surface area contributed by atoms with Gasteiger partial charge in [-0.25, -0.2) is 0 Å². The van der Waals surface area contributed by atoms with Gasteiger partial charge >= 0.3 is 0 Å². The molecule has 1 aromatic carbocycles. The first-order valence-corrected chi connectivity index (χ1v) is 7.85. The summed E-state index contributed by atoms with van der Waals surface area (Å²) in [6, 6.07) is 8.22. The van der Waals surface area contributed by atoms with Crippen LogP contribution in [0, 0.1) is 13.8 Å². The van der Waals surface area contributed by atoms with E-state index in [1.54, 1.807) is 0 Å². The van der Waals surface area contributed by atoms with Crippen molar-refractivity contribution in [2.24, 2.45) is 5.73 Å². The summed E-state index contributed by atoms with van der Waals surface area (Å²) in [6.45, 7) is 6.04. The van der Waals surface area contributed by atoms with Crippen molar-refractivity contribution in [2.75, 3.05) is 13.2 Å². The minimum atomic E-state index is 0.420. The lowest BCUT2D eigenvalue weighted by Crippen LogP contribution is -2.48. The number of fused-ring (bicyclic) bond motifs is 2. The molecule has 2 N–H and O–H groups in total. The second kappa shape index (κ2) is 5.74. The smallest absolute Gasteiger partial charge is 0.122 e. The van der Waals surface area contributed by atoms with Gasteiger partial charge in [0, 0.05) is 24.7 Å². The normalized spacial score (nSPS) is 29.6. The van der Waals surface area contributed by atoms with Crippen molar-refractivity contribution >= 4 is 0 Å². The van der Waals surface area contributed by atoms with Crippen LogP contribution in [0.15, 0.2) is 18.2 Å². The van der Waals surface area contributed by atoms with Crippen molar-refractivity contribution in [1.29, 1.82) is 0 Å². The van der Waals surface area contributed by atoms with Crippen LogP contribution in [-0.2, 0) is 0 Å². The van der Waals surface area contributed by atoms with Crippen LogP contribution in [0.1, 0.15) is 36.8 Å². The first-order chi connectivity index (χ1) is 9.63. The van der Waals surface area contributed by atoms with Gasteiger partial charge in [-0.1, -0.05) is 12.1 Å². The lowest BCUT2D eigenvalue weighted by molar-refractivity contribution is 0.106. The van der Waals surface area contributed by atoms with Crippen LogP contribution in [0.5, 0.6) is 5.75 Å². The quantitative estimate of drug-likeness (QED) is 0.917. The molecule has 2 heterocycles. The molecule has 110 valence electrons. The molecular weight excluding hydrogens is 248 g/mol. The molecule has 20 heavy (non-hydrogen) atoms. The molecule has 3 heteroatoms. The van der Waals surface area contributed by atoms with E-state index in [0.717, 1.165) is 18.9 Å². The number of nitrogens with two attached hydrogens (primary N) is 1. The third kappa shape index (κ3) is 2.84. The zero-order valence-corrected chi connectivity index (χ0v) is 12.6. The Bertz CT molecular complexity index is 460. The van der Waals surface area contributed by atoms with E-state index in [2.05, 4.69) is 36.9 Å². The average molecular weight is 274 g/mol. The number of hydrogen-bond donors (Lipinski definition) is 1. The molecule has 0 amide bonds. The molecule has 2 fully saturated rings. The SMILES string of the molecule is Cc1ccc(C)c(OCCN2C3CCC2CC(N)C3)c1. The topological polar surface area (TPSA) is 38.5 Å². The van der Waals surface area contributed by atoms with Crippen molar-refractivity contribution < 1.29 is 4.74 Å². The minimum absolute atomic E-state index is 0.420. The van der Waals surface area contributed by atoms with Crippen molar-refractivity contribution in [3.05, 3.63) is 29.3 Å². The van der Waals surface area contributed by atoms with E-state index >= 15 is 0 Å².